The summed E-state index contributed by atoms with van der Waals surface area (Å²) in [6, 6.07) is -0.476. The maximum absolute atomic E-state index is 11.9. The topological polar surface area (TPSA) is 55.4 Å². The summed E-state index contributed by atoms with van der Waals surface area (Å²) in [5.74, 6) is 0.546. The lowest BCUT2D eigenvalue weighted by atomic mass is 10.0. The van der Waals surface area contributed by atoms with Crippen LogP contribution in [0.3, 0.4) is 0 Å². The molecule has 1 amide bonds. The summed E-state index contributed by atoms with van der Waals surface area (Å²) in [6.45, 7) is 11.4. The molecule has 0 heterocycles. The number of ether oxygens (including phenoxy) is 1. The fourth-order valence-corrected chi connectivity index (χ4v) is 1.91. The van der Waals surface area contributed by atoms with E-state index in [9.17, 15) is 9.59 Å². The minimum absolute atomic E-state index is 0.0800. The molecule has 0 aliphatic heterocycles. The summed E-state index contributed by atoms with van der Waals surface area (Å²) in [5.41, 5.74) is -0.243. The van der Waals surface area contributed by atoms with Crippen LogP contribution in [-0.4, -0.2) is 23.5 Å². The van der Waals surface area contributed by atoms with Crippen molar-refractivity contribution >= 4 is 11.9 Å². The van der Waals surface area contributed by atoms with Gasteiger partial charge < -0.3 is 10.1 Å². The molecule has 0 saturated heterocycles. The van der Waals surface area contributed by atoms with Gasteiger partial charge in [0, 0.05) is 6.42 Å². The highest BCUT2D eigenvalue weighted by Gasteiger charge is 2.46. The molecule has 104 valence electrons. The Labute approximate surface area is 109 Å². The predicted octanol–water partition coefficient (Wildman–Crippen LogP) is 2.90. The van der Waals surface area contributed by atoms with Gasteiger partial charge in [0.25, 0.3) is 0 Å². The molecule has 4 nitrogen and oxygen atoms in total. The van der Waals surface area contributed by atoms with E-state index < -0.39 is 17.7 Å². The van der Waals surface area contributed by atoms with Crippen LogP contribution < -0.4 is 5.32 Å². The maximum atomic E-state index is 11.9. The van der Waals surface area contributed by atoms with Crippen molar-refractivity contribution < 1.29 is 14.3 Å². The van der Waals surface area contributed by atoms with Crippen LogP contribution >= 0.6 is 0 Å². The molecule has 1 aliphatic carbocycles. The summed E-state index contributed by atoms with van der Waals surface area (Å²) in [6.07, 6.45) is 1.11. The Morgan fingerprint density at radius 2 is 1.89 bits per heavy atom. The Morgan fingerprint density at radius 3 is 2.28 bits per heavy atom. The van der Waals surface area contributed by atoms with E-state index in [1.807, 2.05) is 0 Å². The smallest absolute Gasteiger partial charge is 0.408 e. The van der Waals surface area contributed by atoms with Crippen molar-refractivity contribution in [2.24, 2.45) is 11.3 Å². The van der Waals surface area contributed by atoms with Gasteiger partial charge in [-0.1, -0.05) is 13.8 Å². The summed E-state index contributed by atoms with van der Waals surface area (Å²) >= 11 is 0. The van der Waals surface area contributed by atoms with E-state index in [-0.39, 0.29) is 5.78 Å². The minimum atomic E-state index is -0.536. The summed E-state index contributed by atoms with van der Waals surface area (Å²) in [7, 11) is 0. The standard InChI is InChI=1S/C14H25NO3/c1-9(15-12(17)18-13(2,3)4)11(16)7-10-8-14(10,5)6/h9-10H,7-8H2,1-6H3,(H,15,17)/t9-,10?/m0/s1. The van der Waals surface area contributed by atoms with Gasteiger partial charge in [-0.2, -0.15) is 0 Å². The summed E-state index contributed by atoms with van der Waals surface area (Å²) in [4.78, 5) is 23.4. The zero-order valence-corrected chi connectivity index (χ0v) is 12.3. The molecule has 1 N–H and O–H groups in total. The van der Waals surface area contributed by atoms with Crippen LogP contribution in [0.4, 0.5) is 4.79 Å². The fourth-order valence-electron chi connectivity index (χ4n) is 1.91. The van der Waals surface area contributed by atoms with Gasteiger partial charge in [-0.05, 0) is 45.4 Å². The SMILES string of the molecule is C[C@H](NC(=O)OC(C)(C)C)C(=O)CC1CC1(C)C. The molecule has 1 unspecified atom stereocenters. The molecule has 1 fully saturated rings. The number of alkyl carbamates (subject to hydrolysis) is 1. The molecule has 4 heteroatoms. The first-order chi connectivity index (χ1) is 8.01. The van der Waals surface area contributed by atoms with Gasteiger partial charge in [-0.25, -0.2) is 4.79 Å². The molecule has 0 aromatic carbocycles. The van der Waals surface area contributed by atoms with Gasteiger partial charge >= 0.3 is 6.09 Å². The number of Topliss-reactive ketones (excluding diaryl/α,β-unsaturated/α-hetero) is 1. The first kappa shape index (κ1) is 15.0. The average Bonchev–Trinajstić information content (AvgIpc) is 2.69. The number of carbonyl (C=O) groups excluding carboxylic acids is 2. The number of hydrogen-bond acceptors (Lipinski definition) is 3. The van der Waals surface area contributed by atoms with Crippen molar-refractivity contribution in [2.75, 3.05) is 0 Å². The molecule has 1 aliphatic rings. The maximum Gasteiger partial charge on any atom is 0.408 e. The number of nitrogens with one attached hydrogen (secondary N) is 1. The molecule has 2 atom stereocenters. The minimum Gasteiger partial charge on any atom is -0.444 e. The molecule has 0 radical (unpaired) electrons. The quantitative estimate of drug-likeness (QED) is 0.840. The van der Waals surface area contributed by atoms with Crippen LogP contribution in [0.1, 0.15) is 54.4 Å². The van der Waals surface area contributed by atoms with Crippen molar-refractivity contribution in [2.45, 2.75) is 66.0 Å². The van der Waals surface area contributed by atoms with Crippen molar-refractivity contribution in [3.63, 3.8) is 0 Å². The highest BCUT2D eigenvalue weighted by molar-refractivity contribution is 5.87. The fraction of sp³-hybridized carbons (Fsp3) is 0.857. The number of amides is 1. The lowest BCUT2D eigenvalue weighted by Crippen LogP contribution is -2.41. The Morgan fingerprint density at radius 1 is 1.39 bits per heavy atom. The lowest BCUT2D eigenvalue weighted by Gasteiger charge is -2.21. The molecular weight excluding hydrogens is 230 g/mol. The third kappa shape index (κ3) is 4.67. The number of hydrogen-bond donors (Lipinski definition) is 1. The molecule has 1 rings (SSSR count). The number of ketones is 1. The van der Waals surface area contributed by atoms with Crippen molar-refractivity contribution in [1.29, 1.82) is 0 Å². The molecule has 18 heavy (non-hydrogen) atoms. The number of carbonyl (C=O) groups is 2. The summed E-state index contributed by atoms with van der Waals surface area (Å²) in [5, 5.41) is 2.59. The average molecular weight is 255 g/mol. The van der Waals surface area contributed by atoms with Gasteiger partial charge in [-0.15, -0.1) is 0 Å². The lowest BCUT2D eigenvalue weighted by molar-refractivity contribution is -0.121. The van der Waals surface area contributed by atoms with Crippen molar-refractivity contribution in [1.82, 2.24) is 5.32 Å². The zero-order chi connectivity index (χ0) is 14.1. The first-order valence-corrected chi connectivity index (χ1v) is 6.53. The largest absolute Gasteiger partial charge is 0.444 e. The Bertz CT molecular complexity index is 341. The van der Waals surface area contributed by atoms with Crippen molar-refractivity contribution in [3.05, 3.63) is 0 Å². The van der Waals surface area contributed by atoms with Crippen LogP contribution in [0.5, 0.6) is 0 Å². The highest BCUT2D eigenvalue weighted by atomic mass is 16.6. The van der Waals surface area contributed by atoms with E-state index in [1.165, 1.54) is 0 Å². The van der Waals surface area contributed by atoms with Crippen molar-refractivity contribution in [3.8, 4) is 0 Å². The van der Waals surface area contributed by atoms with E-state index in [0.29, 0.717) is 17.8 Å². The van der Waals surface area contributed by atoms with Crippen LogP contribution in [0, 0.1) is 11.3 Å². The van der Waals surface area contributed by atoms with Crippen LogP contribution in [0.15, 0.2) is 0 Å². The third-order valence-corrected chi connectivity index (χ3v) is 3.38. The van der Waals surface area contributed by atoms with Gasteiger partial charge in [0.1, 0.15) is 5.60 Å². The van der Waals surface area contributed by atoms with Crippen LogP contribution in [0.2, 0.25) is 0 Å². The van der Waals surface area contributed by atoms with E-state index in [1.54, 1.807) is 27.7 Å². The second kappa shape index (κ2) is 4.90. The van der Waals surface area contributed by atoms with E-state index in [2.05, 4.69) is 19.2 Å². The third-order valence-electron chi connectivity index (χ3n) is 3.38. The zero-order valence-electron chi connectivity index (χ0n) is 12.3. The molecule has 0 aromatic heterocycles. The first-order valence-electron chi connectivity index (χ1n) is 6.53. The molecular formula is C14H25NO3. The summed E-state index contributed by atoms with van der Waals surface area (Å²) < 4.78 is 5.12. The Kier molecular flexibility index (Phi) is 4.08. The van der Waals surface area contributed by atoms with E-state index >= 15 is 0 Å². The van der Waals surface area contributed by atoms with E-state index in [0.717, 1.165) is 6.42 Å². The van der Waals surface area contributed by atoms with Crippen LogP contribution in [0.25, 0.3) is 0 Å². The normalized spacial score (nSPS) is 23.1. The Balaban J connectivity index is 2.34. The van der Waals surface area contributed by atoms with Gasteiger partial charge in [0.05, 0.1) is 6.04 Å². The number of rotatable bonds is 4. The van der Waals surface area contributed by atoms with Gasteiger partial charge in [0.2, 0.25) is 0 Å². The predicted molar refractivity (Wildman–Crippen MR) is 70.3 cm³/mol. The van der Waals surface area contributed by atoms with Gasteiger partial charge in [0.15, 0.2) is 5.78 Å². The molecule has 1 saturated carbocycles. The highest BCUT2D eigenvalue weighted by Crippen LogP contribution is 2.53. The van der Waals surface area contributed by atoms with Crippen LogP contribution in [-0.2, 0) is 9.53 Å². The van der Waals surface area contributed by atoms with Gasteiger partial charge in [-0.3, -0.25) is 4.79 Å². The second-order valence-electron chi connectivity index (χ2n) is 6.93. The monoisotopic (exact) mass is 255 g/mol. The molecule has 0 spiro atoms. The van der Waals surface area contributed by atoms with E-state index in [4.69, 9.17) is 4.74 Å². The molecule has 0 bridgehead atoms. The Hall–Kier alpha value is -1.06. The second-order valence-corrected chi connectivity index (χ2v) is 6.93. The molecule has 0 aromatic rings.